The molecule has 6 atom stereocenters. The zero-order valence-electron chi connectivity index (χ0n) is 24.5. The first kappa shape index (κ1) is 29.1. The fourth-order valence-corrected chi connectivity index (χ4v) is 7.85. The van der Waals surface area contributed by atoms with Gasteiger partial charge in [-0.3, -0.25) is 29.0 Å². The Balaban J connectivity index is 1.30. The summed E-state index contributed by atoms with van der Waals surface area (Å²) in [5, 5.41) is 28.9. The van der Waals surface area contributed by atoms with E-state index in [9.17, 15) is 44.1 Å². The number of phenols is 1. The molecule has 7 rings (SSSR count). The van der Waals surface area contributed by atoms with E-state index in [4.69, 9.17) is 0 Å². The Morgan fingerprint density at radius 1 is 0.674 bits per heavy atom. The largest absolute Gasteiger partial charge is 0.508 e. The Hall–Kier alpha value is -5.58. The highest BCUT2D eigenvalue weighted by Crippen LogP contribution is 2.58. The average molecular weight is 621 g/mol. The summed E-state index contributed by atoms with van der Waals surface area (Å²) in [4.78, 5) is 81.0. The molecule has 0 unspecified atom stereocenters. The Kier molecular flexibility index (Phi) is 6.66. The topological polar surface area (TPSA) is 170 Å². The van der Waals surface area contributed by atoms with Crippen LogP contribution in [0, 0.1) is 36.5 Å². The van der Waals surface area contributed by atoms with Crippen LogP contribution in [0.1, 0.15) is 50.6 Å². The third kappa shape index (κ3) is 4.26. The minimum atomic E-state index is -1.14. The highest BCUT2D eigenvalue weighted by atomic mass is 16.4. The minimum Gasteiger partial charge on any atom is -0.508 e. The summed E-state index contributed by atoms with van der Waals surface area (Å²) in [5.41, 5.74) is 2.59. The zero-order valence-corrected chi connectivity index (χ0v) is 24.5. The van der Waals surface area contributed by atoms with Gasteiger partial charge in [0, 0.05) is 5.92 Å². The third-order valence-corrected chi connectivity index (χ3v) is 9.97. The maximum absolute atomic E-state index is 14.2. The molecule has 3 fully saturated rings. The number of carbonyl (C=O) groups excluding carboxylic acids is 4. The van der Waals surface area contributed by atoms with Gasteiger partial charge in [0.15, 0.2) is 0 Å². The first-order chi connectivity index (χ1) is 22.0. The standard InChI is InChI=1S/C35H28N2O9/c1-16-14-19(6-13-26(16)38)27-22-11-12-23-28(32(41)36(30(23)39)20-7-2-17(3-8-20)34(43)44)24(22)15-25-29(27)33(42)37(31(25)40)21-9-4-18(5-10-21)35(45)46/h2-11,13-14,23-25,27-29,38H,12,15H2,1H3,(H,43,44)(H,45,46)/t23-,24+,25+,27-,28-,29+/m0/s1. The lowest BCUT2D eigenvalue weighted by atomic mass is 9.57. The number of carboxylic acid groups (broad SMARTS) is 2. The van der Waals surface area contributed by atoms with Gasteiger partial charge in [0.25, 0.3) is 0 Å². The van der Waals surface area contributed by atoms with Crippen molar-refractivity contribution in [2.24, 2.45) is 29.6 Å². The molecule has 3 N–H and O–H groups in total. The summed E-state index contributed by atoms with van der Waals surface area (Å²) >= 11 is 0. The number of amides is 4. The van der Waals surface area contributed by atoms with E-state index in [-0.39, 0.29) is 41.1 Å². The van der Waals surface area contributed by atoms with Crippen LogP contribution in [0.5, 0.6) is 5.75 Å². The third-order valence-electron chi connectivity index (χ3n) is 9.97. The molecule has 1 saturated carbocycles. The van der Waals surface area contributed by atoms with E-state index in [0.29, 0.717) is 11.1 Å². The van der Waals surface area contributed by atoms with Crippen LogP contribution in [0.4, 0.5) is 11.4 Å². The van der Waals surface area contributed by atoms with Crippen LogP contribution in [-0.4, -0.2) is 50.9 Å². The Labute approximate surface area is 262 Å². The fraction of sp³-hybridized carbons (Fsp3) is 0.257. The van der Waals surface area contributed by atoms with Crippen LogP contribution in [-0.2, 0) is 19.2 Å². The van der Waals surface area contributed by atoms with Gasteiger partial charge in [-0.25, -0.2) is 9.59 Å². The van der Waals surface area contributed by atoms with E-state index in [2.05, 4.69) is 0 Å². The summed E-state index contributed by atoms with van der Waals surface area (Å²) in [6.45, 7) is 1.73. The van der Waals surface area contributed by atoms with Crippen LogP contribution >= 0.6 is 0 Å². The van der Waals surface area contributed by atoms with E-state index < -0.39 is 71.1 Å². The molecule has 3 aromatic rings. The monoisotopic (exact) mass is 620 g/mol. The number of aromatic carboxylic acids is 2. The number of allylic oxidation sites excluding steroid dienone is 2. The number of anilines is 2. The molecule has 2 aliphatic carbocycles. The second-order valence-electron chi connectivity index (χ2n) is 12.3. The summed E-state index contributed by atoms with van der Waals surface area (Å²) in [6.07, 6.45) is 2.32. The number of rotatable bonds is 5. The van der Waals surface area contributed by atoms with Crippen LogP contribution in [0.15, 0.2) is 78.4 Å². The quantitative estimate of drug-likeness (QED) is 0.280. The van der Waals surface area contributed by atoms with E-state index in [1.807, 2.05) is 6.08 Å². The van der Waals surface area contributed by atoms with Gasteiger partial charge in [0.2, 0.25) is 23.6 Å². The van der Waals surface area contributed by atoms with Crippen molar-refractivity contribution < 1.29 is 44.1 Å². The van der Waals surface area contributed by atoms with Gasteiger partial charge in [0.05, 0.1) is 46.2 Å². The predicted molar refractivity (Wildman–Crippen MR) is 162 cm³/mol. The van der Waals surface area contributed by atoms with Crippen molar-refractivity contribution in [3.05, 3.63) is 101 Å². The molecule has 0 spiro atoms. The van der Waals surface area contributed by atoms with E-state index >= 15 is 0 Å². The molecule has 0 radical (unpaired) electrons. The number of hydrogen-bond acceptors (Lipinski definition) is 7. The maximum Gasteiger partial charge on any atom is 0.335 e. The van der Waals surface area contributed by atoms with Crippen molar-refractivity contribution in [2.45, 2.75) is 25.7 Å². The highest BCUT2D eigenvalue weighted by Gasteiger charge is 2.62. The van der Waals surface area contributed by atoms with Gasteiger partial charge < -0.3 is 15.3 Å². The first-order valence-electron chi connectivity index (χ1n) is 14.9. The van der Waals surface area contributed by atoms with Crippen molar-refractivity contribution in [1.82, 2.24) is 0 Å². The van der Waals surface area contributed by atoms with Gasteiger partial charge in [-0.05, 0) is 91.4 Å². The van der Waals surface area contributed by atoms with Gasteiger partial charge in [0.1, 0.15) is 5.75 Å². The number of benzene rings is 3. The highest BCUT2D eigenvalue weighted by molar-refractivity contribution is 6.24. The SMILES string of the molecule is Cc1cc([C@H]2C3=CC[C@@H]4C(=O)N(c5ccc(C(=O)O)cc5)C(=O)[C@@H]4[C@@H]3C[C@H]3C(=O)N(c4ccc(C(=O)O)cc4)C(=O)[C@@H]23)ccc1O. The van der Waals surface area contributed by atoms with Gasteiger partial charge in [-0.2, -0.15) is 0 Å². The minimum absolute atomic E-state index is 0.00601. The normalized spacial score (nSPS) is 26.8. The molecular weight excluding hydrogens is 592 g/mol. The molecule has 0 bridgehead atoms. The lowest BCUT2D eigenvalue weighted by molar-refractivity contribution is -0.126. The summed E-state index contributed by atoms with van der Waals surface area (Å²) in [7, 11) is 0. The van der Waals surface area contributed by atoms with Crippen molar-refractivity contribution in [1.29, 1.82) is 0 Å². The molecule has 2 heterocycles. The number of aromatic hydroxyl groups is 1. The lowest BCUT2D eigenvalue weighted by Crippen LogP contribution is -2.43. The number of phenolic OH excluding ortho intramolecular Hbond substituents is 1. The zero-order chi connectivity index (χ0) is 32.6. The number of aryl methyl sites for hydroxylation is 1. The molecule has 4 amide bonds. The number of imide groups is 2. The van der Waals surface area contributed by atoms with E-state index in [1.54, 1.807) is 19.1 Å². The van der Waals surface area contributed by atoms with Crippen LogP contribution in [0.3, 0.4) is 0 Å². The number of carboxylic acids is 2. The molecule has 0 aromatic heterocycles. The van der Waals surface area contributed by atoms with E-state index in [1.165, 1.54) is 54.6 Å². The van der Waals surface area contributed by atoms with Gasteiger partial charge >= 0.3 is 11.9 Å². The average Bonchev–Trinajstić information content (AvgIpc) is 3.45. The second-order valence-corrected chi connectivity index (χ2v) is 12.3. The van der Waals surface area contributed by atoms with Crippen molar-refractivity contribution >= 4 is 46.9 Å². The molecule has 232 valence electrons. The predicted octanol–water partition coefficient (Wildman–Crippen LogP) is 4.14. The number of carbonyl (C=O) groups is 6. The van der Waals surface area contributed by atoms with Crippen molar-refractivity contribution in [3.63, 3.8) is 0 Å². The van der Waals surface area contributed by atoms with Crippen LogP contribution in [0.2, 0.25) is 0 Å². The molecule has 4 aliphatic rings. The maximum atomic E-state index is 14.2. The number of hydrogen-bond donors (Lipinski definition) is 3. The van der Waals surface area contributed by atoms with Crippen LogP contribution in [0.25, 0.3) is 0 Å². The molecular formula is C35H28N2O9. The van der Waals surface area contributed by atoms with Crippen LogP contribution < -0.4 is 9.80 Å². The molecule has 46 heavy (non-hydrogen) atoms. The second kappa shape index (κ2) is 10.5. The Morgan fingerprint density at radius 2 is 1.20 bits per heavy atom. The van der Waals surface area contributed by atoms with Gasteiger partial charge in [-0.1, -0.05) is 23.8 Å². The smallest absolute Gasteiger partial charge is 0.335 e. The molecule has 11 nitrogen and oxygen atoms in total. The van der Waals surface area contributed by atoms with Crippen molar-refractivity contribution in [3.8, 4) is 5.75 Å². The Morgan fingerprint density at radius 3 is 1.72 bits per heavy atom. The van der Waals surface area contributed by atoms with Crippen molar-refractivity contribution in [2.75, 3.05) is 9.80 Å². The van der Waals surface area contributed by atoms with Gasteiger partial charge in [-0.15, -0.1) is 0 Å². The fourth-order valence-electron chi connectivity index (χ4n) is 7.85. The van der Waals surface area contributed by atoms with E-state index in [0.717, 1.165) is 15.4 Å². The Bertz CT molecular complexity index is 1900. The summed E-state index contributed by atoms with van der Waals surface area (Å²) in [5.74, 6) is -8.22. The molecule has 3 aromatic carbocycles. The molecule has 2 aliphatic heterocycles. The lowest BCUT2D eigenvalue weighted by Gasteiger charge is -2.44. The summed E-state index contributed by atoms with van der Waals surface area (Å²) < 4.78 is 0. The molecule has 2 saturated heterocycles. The first-order valence-corrected chi connectivity index (χ1v) is 14.9. The molecule has 11 heteroatoms. The number of fused-ring (bicyclic) bond motifs is 4. The summed E-state index contributed by atoms with van der Waals surface area (Å²) in [6, 6.07) is 16.0. The number of nitrogens with zero attached hydrogens (tertiary/aromatic N) is 2.